The quantitative estimate of drug-likeness (QED) is 0.343. The topological polar surface area (TPSA) is 22.1 Å². The van der Waals surface area contributed by atoms with Gasteiger partial charge in [0.1, 0.15) is 12.4 Å². The molecule has 4 rings (SSSR count). The van der Waals surface area contributed by atoms with E-state index in [1.807, 2.05) is 78.9 Å². The minimum absolute atomic E-state index is 0.492. The van der Waals surface area contributed by atoms with Crippen LogP contribution in [0.1, 0.15) is 22.4 Å². The maximum atomic E-state index is 5.98. The lowest BCUT2D eigenvalue weighted by atomic mass is 10.1. The molecule has 3 heteroatoms. The Bertz CT molecular complexity index is 1100. The predicted molar refractivity (Wildman–Crippen MR) is 117 cm³/mol. The molecule has 0 radical (unpaired) electrons. The van der Waals surface area contributed by atoms with Gasteiger partial charge in [0.15, 0.2) is 0 Å². The van der Waals surface area contributed by atoms with E-state index in [1.54, 1.807) is 0 Å². The van der Waals surface area contributed by atoms with Crippen molar-refractivity contribution in [3.8, 4) is 5.75 Å². The average Bonchev–Trinajstić information content (AvgIpc) is 2.77. The van der Waals surface area contributed by atoms with Gasteiger partial charge in [0.05, 0.1) is 11.2 Å². The number of halogens is 1. The van der Waals surface area contributed by atoms with Crippen LogP contribution in [0.15, 0.2) is 84.9 Å². The maximum absolute atomic E-state index is 5.98. The zero-order chi connectivity index (χ0) is 19.2. The molecule has 0 aliphatic heterocycles. The number of rotatable bonds is 6. The summed E-state index contributed by atoms with van der Waals surface area (Å²) in [5.74, 6) is 1.33. The molecule has 0 unspecified atom stereocenters. The second-order valence-corrected chi connectivity index (χ2v) is 6.79. The first kappa shape index (κ1) is 18.3. The molecular weight excluding hydrogens is 366 g/mol. The standard InChI is InChI=1S/C25H20ClNO/c26-17-21-6-1-2-7-22(21)18-28-24-15-10-19(11-16-24)9-13-23-14-12-20-5-3-4-8-25(20)27-23/h1-16H,17-18H2. The van der Waals surface area contributed by atoms with Crippen molar-refractivity contribution in [2.75, 3.05) is 0 Å². The van der Waals surface area contributed by atoms with Gasteiger partial charge in [-0.25, -0.2) is 4.98 Å². The lowest BCUT2D eigenvalue weighted by molar-refractivity contribution is 0.305. The van der Waals surface area contributed by atoms with Gasteiger partial charge in [-0.05, 0) is 47.0 Å². The van der Waals surface area contributed by atoms with Crippen LogP contribution in [0.5, 0.6) is 5.75 Å². The lowest BCUT2D eigenvalue weighted by Gasteiger charge is -2.09. The normalized spacial score (nSPS) is 11.2. The molecule has 28 heavy (non-hydrogen) atoms. The Balaban J connectivity index is 1.41. The molecule has 0 amide bonds. The van der Waals surface area contributed by atoms with Gasteiger partial charge >= 0.3 is 0 Å². The molecule has 1 heterocycles. The van der Waals surface area contributed by atoms with Crippen molar-refractivity contribution in [1.29, 1.82) is 0 Å². The van der Waals surface area contributed by atoms with Crippen LogP contribution in [0.2, 0.25) is 0 Å². The van der Waals surface area contributed by atoms with Crippen LogP contribution in [0.3, 0.4) is 0 Å². The molecule has 0 aliphatic carbocycles. The summed E-state index contributed by atoms with van der Waals surface area (Å²) >= 11 is 5.98. The van der Waals surface area contributed by atoms with Crippen LogP contribution in [-0.2, 0) is 12.5 Å². The molecule has 0 N–H and O–H groups in total. The van der Waals surface area contributed by atoms with E-state index in [-0.39, 0.29) is 0 Å². The highest BCUT2D eigenvalue weighted by molar-refractivity contribution is 6.17. The minimum Gasteiger partial charge on any atom is -0.489 e. The Hall–Kier alpha value is -3.10. The molecule has 138 valence electrons. The Morgan fingerprint density at radius 1 is 0.750 bits per heavy atom. The SMILES string of the molecule is ClCc1ccccc1COc1ccc(C=Cc2ccc3ccccc3n2)cc1. The third-order valence-electron chi connectivity index (χ3n) is 4.60. The lowest BCUT2D eigenvalue weighted by Crippen LogP contribution is -1.98. The Morgan fingerprint density at radius 2 is 1.50 bits per heavy atom. The monoisotopic (exact) mass is 385 g/mol. The zero-order valence-electron chi connectivity index (χ0n) is 15.4. The summed E-state index contributed by atoms with van der Waals surface area (Å²) in [5.41, 5.74) is 5.27. The van der Waals surface area contributed by atoms with E-state index in [9.17, 15) is 0 Å². The Morgan fingerprint density at radius 3 is 2.32 bits per heavy atom. The van der Waals surface area contributed by atoms with Crippen molar-refractivity contribution in [2.24, 2.45) is 0 Å². The summed E-state index contributed by atoms with van der Waals surface area (Å²) in [4.78, 5) is 4.66. The molecule has 0 saturated carbocycles. The first-order valence-electron chi connectivity index (χ1n) is 9.21. The van der Waals surface area contributed by atoms with E-state index < -0.39 is 0 Å². The fourth-order valence-electron chi connectivity index (χ4n) is 3.02. The number of aromatic nitrogens is 1. The van der Waals surface area contributed by atoms with Crippen molar-refractivity contribution in [1.82, 2.24) is 4.98 Å². The van der Waals surface area contributed by atoms with Crippen LogP contribution in [-0.4, -0.2) is 4.98 Å². The average molecular weight is 386 g/mol. The van der Waals surface area contributed by atoms with Gasteiger partial charge in [-0.3, -0.25) is 0 Å². The van der Waals surface area contributed by atoms with Crippen LogP contribution >= 0.6 is 11.6 Å². The third kappa shape index (κ3) is 4.41. The van der Waals surface area contributed by atoms with Crippen molar-refractivity contribution >= 4 is 34.7 Å². The highest BCUT2D eigenvalue weighted by atomic mass is 35.5. The molecule has 0 saturated heterocycles. The van der Waals surface area contributed by atoms with E-state index in [2.05, 4.69) is 23.2 Å². The molecule has 0 aliphatic rings. The summed E-state index contributed by atoms with van der Waals surface area (Å²) in [6.07, 6.45) is 4.09. The second kappa shape index (κ2) is 8.73. The van der Waals surface area contributed by atoms with Gasteiger partial charge in [0, 0.05) is 11.3 Å². The smallest absolute Gasteiger partial charge is 0.119 e. The minimum atomic E-state index is 0.492. The van der Waals surface area contributed by atoms with Gasteiger partial charge in [-0.1, -0.05) is 66.7 Å². The van der Waals surface area contributed by atoms with Crippen LogP contribution in [0.4, 0.5) is 0 Å². The number of ether oxygens (including phenoxy) is 1. The van der Waals surface area contributed by atoms with E-state index in [0.29, 0.717) is 12.5 Å². The molecule has 4 aromatic rings. The summed E-state index contributed by atoms with van der Waals surface area (Å²) in [6.45, 7) is 0.513. The number of nitrogens with zero attached hydrogens (tertiary/aromatic N) is 1. The summed E-state index contributed by atoms with van der Waals surface area (Å²) in [7, 11) is 0. The first-order valence-corrected chi connectivity index (χ1v) is 9.75. The molecular formula is C25H20ClNO. The fraction of sp³-hybridized carbons (Fsp3) is 0.0800. The van der Waals surface area contributed by atoms with Crippen molar-refractivity contribution in [2.45, 2.75) is 12.5 Å². The van der Waals surface area contributed by atoms with Crippen LogP contribution in [0.25, 0.3) is 23.1 Å². The number of fused-ring (bicyclic) bond motifs is 1. The van der Waals surface area contributed by atoms with Crippen molar-refractivity contribution < 1.29 is 4.74 Å². The number of benzene rings is 3. The van der Waals surface area contributed by atoms with E-state index in [0.717, 1.165) is 39.0 Å². The summed E-state index contributed by atoms with van der Waals surface area (Å²) in [6, 6.07) is 28.4. The van der Waals surface area contributed by atoms with Crippen LogP contribution < -0.4 is 4.74 Å². The summed E-state index contributed by atoms with van der Waals surface area (Å²) < 4.78 is 5.91. The number of alkyl halides is 1. The van der Waals surface area contributed by atoms with E-state index in [4.69, 9.17) is 16.3 Å². The van der Waals surface area contributed by atoms with E-state index >= 15 is 0 Å². The second-order valence-electron chi connectivity index (χ2n) is 6.52. The Labute approximate surface area is 170 Å². The van der Waals surface area contributed by atoms with Crippen LogP contribution in [0, 0.1) is 0 Å². The number of hydrogen-bond acceptors (Lipinski definition) is 2. The highest BCUT2D eigenvalue weighted by Gasteiger charge is 2.02. The van der Waals surface area contributed by atoms with E-state index in [1.165, 1.54) is 0 Å². The van der Waals surface area contributed by atoms with Gasteiger partial charge in [0.2, 0.25) is 0 Å². The molecule has 0 fully saturated rings. The first-order chi connectivity index (χ1) is 13.8. The molecule has 0 bridgehead atoms. The van der Waals surface area contributed by atoms with Gasteiger partial charge < -0.3 is 4.74 Å². The molecule has 0 atom stereocenters. The molecule has 3 aromatic carbocycles. The molecule has 2 nitrogen and oxygen atoms in total. The van der Waals surface area contributed by atoms with Crippen molar-refractivity contribution in [3.05, 3.63) is 107 Å². The van der Waals surface area contributed by atoms with Gasteiger partial charge in [0.25, 0.3) is 0 Å². The fourth-order valence-corrected chi connectivity index (χ4v) is 3.28. The van der Waals surface area contributed by atoms with Crippen molar-refractivity contribution in [3.63, 3.8) is 0 Å². The van der Waals surface area contributed by atoms with Gasteiger partial charge in [-0.2, -0.15) is 0 Å². The number of para-hydroxylation sites is 1. The highest BCUT2D eigenvalue weighted by Crippen LogP contribution is 2.19. The zero-order valence-corrected chi connectivity index (χ0v) is 16.1. The summed E-state index contributed by atoms with van der Waals surface area (Å²) in [5, 5.41) is 1.15. The maximum Gasteiger partial charge on any atom is 0.119 e. The Kier molecular flexibility index (Phi) is 5.69. The molecule has 0 spiro atoms. The largest absolute Gasteiger partial charge is 0.489 e. The number of hydrogen-bond donors (Lipinski definition) is 0. The van der Waals surface area contributed by atoms with Gasteiger partial charge in [-0.15, -0.1) is 11.6 Å². The molecule has 1 aromatic heterocycles. The third-order valence-corrected chi connectivity index (χ3v) is 4.89. The predicted octanol–water partition coefficient (Wildman–Crippen LogP) is 6.72. The number of pyridine rings is 1.